The number of aliphatic hydroxyl groups is 1. The summed E-state index contributed by atoms with van der Waals surface area (Å²) in [5.74, 6) is 0.626. The highest BCUT2D eigenvalue weighted by Gasteiger charge is 2.01. The molecule has 0 amide bonds. The van der Waals surface area contributed by atoms with Gasteiger partial charge in [-0.2, -0.15) is 0 Å². The first-order valence-electron chi connectivity index (χ1n) is 4.49. The Morgan fingerprint density at radius 2 is 2.31 bits per heavy atom. The van der Waals surface area contributed by atoms with Gasteiger partial charge in [0.1, 0.15) is 0 Å². The molecule has 1 aromatic heterocycles. The van der Waals surface area contributed by atoms with Gasteiger partial charge in [-0.3, -0.25) is 0 Å². The summed E-state index contributed by atoms with van der Waals surface area (Å²) in [6, 6.07) is 5.58. The fourth-order valence-electron chi connectivity index (χ4n) is 1.10. The molecule has 1 rings (SSSR count). The predicted octanol–water partition coefficient (Wildman–Crippen LogP) is 1.40. The van der Waals surface area contributed by atoms with E-state index in [1.54, 1.807) is 6.92 Å². The number of aromatic nitrogens is 1. The lowest BCUT2D eigenvalue weighted by Gasteiger charge is -2.06. The monoisotopic (exact) mass is 181 g/mol. The molecule has 0 radical (unpaired) electrons. The van der Waals surface area contributed by atoms with E-state index in [-0.39, 0.29) is 6.10 Å². The maximum absolute atomic E-state index is 9.15. The van der Waals surface area contributed by atoms with Crippen LogP contribution in [-0.2, 0) is 6.42 Å². The molecule has 0 saturated carbocycles. The van der Waals surface area contributed by atoms with Crippen LogP contribution in [0.15, 0.2) is 18.2 Å². The van der Waals surface area contributed by atoms with Crippen LogP contribution in [0.5, 0.6) is 5.88 Å². The van der Waals surface area contributed by atoms with E-state index >= 15 is 0 Å². The van der Waals surface area contributed by atoms with Crippen LogP contribution < -0.4 is 4.74 Å². The molecule has 0 aromatic carbocycles. The van der Waals surface area contributed by atoms with Crippen LogP contribution >= 0.6 is 0 Å². The van der Waals surface area contributed by atoms with Crippen LogP contribution in [0.25, 0.3) is 0 Å². The summed E-state index contributed by atoms with van der Waals surface area (Å²) < 4.78 is 5.24. The average Bonchev–Trinajstić information content (AvgIpc) is 2.04. The number of hydrogen-bond donors (Lipinski definition) is 1. The predicted molar refractivity (Wildman–Crippen MR) is 50.8 cm³/mol. The van der Waals surface area contributed by atoms with Gasteiger partial charge in [-0.25, -0.2) is 4.98 Å². The first-order valence-corrected chi connectivity index (χ1v) is 4.49. The maximum Gasteiger partial charge on any atom is 0.213 e. The number of aliphatic hydroxyl groups excluding tert-OH is 1. The minimum absolute atomic E-state index is 0.357. The maximum atomic E-state index is 9.15. The van der Waals surface area contributed by atoms with Crippen molar-refractivity contribution < 1.29 is 9.84 Å². The van der Waals surface area contributed by atoms with E-state index in [9.17, 15) is 0 Å². The molecule has 0 aliphatic heterocycles. The van der Waals surface area contributed by atoms with Crippen molar-refractivity contribution in [2.45, 2.75) is 26.4 Å². The summed E-state index contributed by atoms with van der Waals surface area (Å²) >= 11 is 0. The van der Waals surface area contributed by atoms with Crippen LogP contribution in [0.3, 0.4) is 0 Å². The summed E-state index contributed by atoms with van der Waals surface area (Å²) in [6.45, 7) is 4.28. The summed E-state index contributed by atoms with van der Waals surface area (Å²) in [6.07, 6.45) is 0.213. The van der Waals surface area contributed by atoms with Gasteiger partial charge < -0.3 is 9.84 Å². The minimum atomic E-state index is -0.357. The zero-order valence-electron chi connectivity index (χ0n) is 8.03. The molecule has 3 heteroatoms. The van der Waals surface area contributed by atoms with E-state index in [1.807, 2.05) is 25.1 Å². The molecule has 0 spiro atoms. The molecule has 1 atom stereocenters. The van der Waals surface area contributed by atoms with Gasteiger partial charge in [0, 0.05) is 18.2 Å². The second-order valence-corrected chi connectivity index (χ2v) is 2.95. The second kappa shape index (κ2) is 4.82. The zero-order valence-corrected chi connectivity index (χ0v) is 8.03. The molecular weight excluding hydrogens is 166 g/mol. The number of hydrogen-bond acceptors (Lipinski definition) is 3. The van der Waals surface area contributed by atoms with Crippen LogP contribution in [0.4, 0.5) is 0 Å². The van der Waals surface area contributed by atoms with Crippen molar-refractivity contribution in [2.24, 2.45) is 0 Å². The van der Waals surface area contributed by atoms with Crippen LogP contribution in [-0.4, -0.2) is 22.8 Å². The van der Waals surface area contributed by atoms with Crippen molar-refractivity contribution in [3.63, 3.8) is 0 Å². The van der Waals surface area contributed by atoms with Gasteiger partial charge >= 0.3 is 0 Å². The highest BCUT2D eigenvalue weighted by molar-refractivity contribution is 5.16. The Hall–Kier alpha value is -1.09. The van der Waals surface area contributed by atoms with Crippen molar-refractivity contribution in [1.82, 2.24) is 4.98 Å². The normalized spacial score (nSPS) is 12.5. The highest BCUT2D eigenvalue weighted by Crippen LogP contribution is 2.08. The van der Waals surface area contributed by atoms with Gasteiger partial charge in [-0.1, -0.05) is 6.07 Å². The zero-order chi connectivity index (χ0) is 9.68. The van der Waals surface area contributed by atoms with Crippen LogP contribution in [0.2, 0.25) is 0 Å². The lowest BCUT2D eigenvalue weighted by molar-refractivity contribution is 0.194. The molecule has 0 saturated heterocycles. The molecule has 1 unspecified atom stereocenters. The Morgan fingerprint density at radius 1 is 1.54 bits per heavy atom. The third-order valence-corrected chi connectivity index (χ3v) is 1.58. The Morgan fingerprint density at radius 3 is 2.92 bits per heavy atom. The van der Waals surface area contributed by atoms with Crippen molar-refractivity contribution >= 4 is 0 Å². The van der Waals surface area contributed by atoms with Crippen molar-refractivity contribution in [3.8, 4) is 5.88 Å². The second-order valence-electron chi connectivity index (χ2n) is 2.95. The number of rotatable bonds is 4. The molecule has 13 heavy (non-hydrogen) atoms. The Labute approximate surface area is 78.4 Å². The van der Waals surface area contributed by atoms with E-state index in [0.717, 1.165) is 5.69 Å². The van der Waals surface area contributed by atoms with E-state index in [1.165, 1.54) is 0 Å². The fraction of sp³-hybridized carbons (Fsp3) is 0.500. The molecule has 1 heterocycles. The summed E-state index contributed by atoms with van der Waals surface area (Å²) in [5, 5.41) is 9.15. The van der Waals surface area contributed by atoms with Gasteiger partial charge in [0.15, 0.2) is 0 Å². The summed E-state index contributed by atoms with van der Waals surface area (Å²) in [7, 11) is 0. The average molecular weight is 181 g/mol. The Bertz CT molecular complexity index is 261. The third-order valence-electron chi connectivity index (χ3n) is 1.58. The minimum Gasteiger partial charge on any atom is -0.478 e. The largest absolute Gasteiger partial charge is 0.478 e. The highest BCUT2D eigenvalue weighted by atomic mass is 16.5. The van der Waals surface area contributed by atoms with E-state index in [2.05, 4.69) is 4.98 Å². The molecule has 72 valence electrons. The topological polar surface area (TPSA) is 42.4 Å². The summed E-state index contributed by atoms with van der Waals surface area (Å²) in [4.78, 5) is 4.22. The Balaban J connectivity index is 2.67. The van der Waals surface area contributed by atoms with Gasteiger partial charge in [0.25, 0.3) is 0 Å². The SMILES string of the molecule is CCOc1cccc(CC(C)O)n1. The quantitative estimate of drug-likeness (QED) is 0.763. The van der Waals surface area contributed by atoms with Crippen LogP contribution in [0.1, 0.15) is 19.5 Å². The molecule has 1 N–H and O–H groups in total. The molecule has 1 aromatic rings. The van der Waals surface area contributed by atoms with Crippen molar-refractivity contribution in [1.29, 1.82) is 0 Å². The molecule has 3 nitrogen and oxygen atoms in total. The van der Waals surface area contributed by atoms with Gasteiger partial charge in [-0.05, 0) is 19.9 Å². The van der Waals surface area contributed by atoms with E-state index in [0.29, 0.717) is 18.9 Å². The number of pyridine rings is 1. The molecular formula is C10H15NO2. The van der Waals surface area contributed by atoms with Gasteiger partial charge in [-0.15, -0.1) is 0 Å². The fourth-order valence-corrected chi connectivity index (χ4v) is 1.10. The summed E-state index contributed by atoms with van der Waals surface area (Å²) in [5.41, 5.74) is 0.862. The smallest absolute Gasteiger partial charge is 0.213 e. The lowest BCUT2D eigenvalue weighted by Crippen LogP contribution is -2.06. The number of ether oxygens (including phenoxy) is 1. The molecule has 0 bridgehead atoms. The molecule has 0 fully saturated rings. The van der Waals surface area contributed by atoms with Gasteiger partial charge in [0.05, 0.1) is 12.7 Å². The van der Waals surface area contributed by atoms with E-state index in [4.69, 9.17) is 9.84 Å². The van der Waals surface area contributed by atoms with Crippen molar-refractivity contribution in [3.05, 3.63) is 23.9 Å². The van der Waals surface area contributed by atoms with Gasteiger partial charge in [0.2, 0.25) is 5.88 Å². The Kier molecular flexibility index (Phi) is 3.71. The molecule has 0 aliphatic rings. The first-order chi connectivity index (χ1) is 6.22. The van der Waals surface area contributed by atoms with E-state index < -0.39 is 0 Å². The molecule has 0 aliphatic carbocycles. The lowest BCUT2D eigenvalue weighted by atomic mass is 10.2. The first kappa shape index (κ1) is 9.99. The van der Waals surface area contributed by atoms with Crippen LogP contribution in [0, 0.1) is 0 Å². The van der Waals surface area contributed by atoms with Crippen molar-refractivity contribution in [2.75, 3.05) is 6.61 Å². The third kappa shape index (κ3) is 3.42. The standard InChI is InChI=1S/C10H15NO2/c1-3-13-10-6-4-5-9(11-10)7-8(2)12/h4-6,8,12H,3,7H2,1-2H3. The number of nitrogens with zero attached hydrogens (tertiary/aromatic N) is 1.